The first-order chi connectivity index (χ1) is 4.70. The first-order valence-corrected chi connectivity index (χ1v) is 3.56. The van der Waals surface area contributed by atoms with Crippen molar-refractivity contribution in [1.29, 1.82) is 0 Å². The lowest BCUT2D eigenvalue weighted by Crippen LogP contribution is -2.17. The Morgan fingerprint density at radius 2 is 2.40 bits per heavy atom. The average molecular weight is 140 g/mol. The van der Waals surface area contributed by atoms with E-state index >= 15 is 0 Å². The van der Waals surface area contributed by atoms with Gasteiger partial charge in [0.25, 0.3) is 0 Å². The van der Waals surface area contributed by atoms with Crippen molar-refractivity contribution >= 4 is 5.78 Å². The van der Waals surface area contributed by atoms with Crippen LogP contribution in [-0.4, -0.2) is 17.0 Å². The van der Waals surface area contributed by atoms with E-state index in [0.29, 0.717) is 12.8 Å². The van der Waals surface area contributed by atoms with E-state index in [1.807, 2.05) is 19.1 Å². The molecule has 1 rings (SSSR count). The van der Waals surface area contributed by atoms with Crippen LogP contribution in [0.4, 0.5) is 0 Å². The van der Waals surface area contributed by atoms with Gasteiger partial charge in [-0.2, -0.15) is 0 Å². The van der Waals surface area contributed by atoms with Gasteiger partial charge in [0.15, 0.2) is 0 Å². The maximum Gasteiger partial charge on any atom is 0.139 e. The summed E-state index contributed by atoms with van der Waals surface area (Å²) in [4.78, 5) is 10.8. The van der Waals surface area contributed by atoms with Crippen LogP contribution in [-0.2, 0) is 4.79 Å². The molecule has 0 amide bonds. The smallest absolute Gasteiger partial charge is 0.139 e. The molecule has 0 aromatic rings. The highest BCUT2D eigenvalue weighted by molar-refractivity contribution is 5.80. The van der Waals surface area contributed by atoms with Crippen LogP contribution in [0, 0.1) is 5.92 Å². The minimum atomic E-state index is -0.466. The van der Waals surface area contributed by atoms with Gasteiger partial charge in [0, 0.05) is 18.8 Å². The number of aliphatic hydroxyl groups is 1. The first kappa shape index (κ1) is 7.48. The third-order valence-electron chi connectivity index (χ3n) is 1.83. The summed E-state index contributed by atoms with van der Waals surface area (Å²) in [7, 11) is 0. The monoisotopic (exact) mass is 140 g/mol. The minimum Gasteiger partial charge on any atom is -0.392 e. The van der Waals surface area contributed by atoms with Crippen molar-refractivity contribution in [2.24, 2.45) is 5.92 Å². The molecule has 56 valence electrons. The largest absolute Gasteiger partial charge is 0.392 e. The Labute approximate surface area is 60.6 Å². The SMILES string of the molecule is C[C@@H]1C=CCC(=O)C[C@H]1O. The van der Waals surface area contributed by atoms with Gasteiger partial charge in [-0.1, -0.05) is 19.1 Å². The van der Waals surface area contributed by atoms with E-state index in [0.717, 1.165) is 0 Å². The summed E-state index contributed by atoms with van der Waals surface area (Å²) in [6, 6.07) is 0. The van der Waals surface area contributed by atoms with Crippen molar-refractivity contribution in [2.75, 3.05) is 0 Å². The van der Waals surface area contributed by atoms with Crippen molar-refractivity contribution in [3.8, 4) is 0 Å². The van der Waals surface area contributed by atoms with Crippen LogP contribution in [0.1, 0.15) is 19.8 Å². The van der Waals surface area contributed by atoms with E-state index < -0.39 is 6.10 Å². The molecule has 0 saturated heterocycles. The molecule has 2 atom stereocenters. The van der Waals surface area contributed by atoms with E-state index in [1.165, 1.54) is 0 Å². The molecule has 0 radical (unpaired) electrons. The van der Waals surface area contributed by atoms with Gasteiger partial charge in [-0.15, -0.1) is 0 Å². The zero-order chi connectivity index (χ0) is 7.56. The van der Waals surface area contributed by atoms with Crippen LogP contribution in [0.3, 0.4) is 0 Å². The summed E-state index contributed by atoms with van der Waals surface area (Å²) in [5, 5.41) is 9.26. The summed E-state index contributed by atoms with van der Waals surface area (Å²) in [5.41, 5.74) is 0. The van der Waals surface area contributed by atoms with E-state index in [1.54, 1.807) is 0 Å². The number of hydrogen-bond donors (Lipinski definition) is 1. The number of allylic oxidation sites excluding steroid dienone is 1. The molecule has 10 heavy (non-hydrogen) atoms. The highest BCUT2D eigenvalue weighted by atomic mass is 16.3. The van der Waals surface area contributed by atoms with Crippen molar-refractivity contribution in [3.05, 3.63) is 12.2 Å². The Kier molecular flexibility index (Phi) is 2.22. The number of rotatable bonds is 0. The molecule has 0 aromatic heterocycles. The van der Waals surface area contributed by atoms with Gasteiger partial charge in [0.05, 0.1) is 6.10 Å². The molecule has 0 fully saturated rings. The molecule has 1 N–H and O–H groups in total. The normalized spacial score (nSPS) is 34.0. The summed E-state index contributed by atoms with van der Waals surface area (Å²) in [6.45, 7) is 1.92. The maximum absolute atomic E-state index is 10.8. The molecule has 1 aliphatic carbocycles. The molecule has 0 heterocycles. The topological polar surface area (TPSA) is 37.3 Å². The predicted molar refractivity (Wildman–Crippen MR) is 38.6 cm³/mol. The van der Waals surface area contributed by atoms with Gasteiger partial charge in [0.1, 0.15) is 5.78 Å². The Morgan fingerprint density at radius 3 is 3.10 bits per heavy atom. The zero-order valence-corrected chi connectivity index (χ0v) is 6.08. The third kappa shape index (κ3) is 1.67. The van der Waals surface area contributed by atoms with Crippen molar-refractivity contribution in [2.45, 2.75) is 25.9 Å². The standard InChI is InChI=1S/C8H12O2/c1-6-3-2-4-7(9)5-8(6)10/h2-3,6,8,10H,4-5H2,1H3/t6-,8-/m1/s1. The lowest BCUT2D eigenvalue weighted by molar-refractivity contribution is -0.120. The van der Waals surface area contributed by atoms with Gasteiger partial charge in [0.2, 0.25) is 0 Å². The molecule has 0 aliphatic heterocycles. The average Bonchev–Trinajstić information content (AvgIpc) is 1.96. The molecule has 2 heteroatoms. The van der Waals surface area contributed by atoms with E-state index in [4.69, 9.17) is 0 Å². The predicted octanol–water partition coefficient (Wildman–Crippen LogP) is 0.903. The summed E-state index contributed by atoms with van der Waals surface area (Å²) >= 11 is 0. The van der Waals surface area contributed by atoms with Crippen molar-refractivity contribution in [3.63, 3.8) is 0 Å². The molecule has 2 nitrogen and oxygen atoms in total. The second-order valence-corrected chi connectivity index (χ2v) is 2.80. The molecular weight excluding hydrogens is 128 g/mol. The quantitative estimate of drug-likeness (QED) is 0.508. The lowest BCUT2D eigenvalue weighted by atomic mass is 10.0. The number of ketones is 1. The van der Waals surface area contributed by atoms with E-state index in [9.17, 15) is 9.90 Å². The minimum absolute atomic E-state index is 0.131. The molecule has 0 aromatic carbocycles. The fourth-order valence-corrected chi connectivity index (χ4v) is 1.04. The van der Waals surface area contributed by atoms with Crippen molar-refractivity contribution in [1.82, 2.24) is 0 Å². The highest BCUT2D eigenvalue weighted by Gasteiger charge is 2.17. The Hall–Kier alpha value is -0.630. The Bertz CT molecular complexity index is 161. The Morgan fingerprint density at radius 1 is 1.70 bits per heavy atom. The molecule has 0 saturated carbocycles. The first-order valence-electron chi connectivity index (χ1n) is 3.56. The Balaban J connectivity index is 2.61. The summed E-state index contributed by atoms with van der Waals surface area (Å²) < 4.78 is 0. The molecule has 0 bridgehead atoms. The second kappa shape index (κ2) is 2.97. The lowest BCUT2D eigenvalue weighted by Gasteiger charge is -2.10. The zero-order valence-electron chi connectivity index (χ0n) is 6.08. The van der Waals surface area contributed by atoms with Gasteiger partial charge in [-0.05, 0) is 0 Å². The van der Waals surface area contributed by atoms with Crippen molar-refractivity contribution < 1.29 is 9.90 Å². The molecule has 1 aliphatic rings. The maximum atomic E-state index is 10.8. The van der Waals surface area contributed by atoms with E-state index in [-0.39, 0.29) is 11.7 Å². The summed E-state index contributed by atoms with van der Waals surface area (Å²) in [6.07, 6.45) is 4.07. The van der Waals surface area contributed by atoms with Gasteiger partial charge >= 0.3 is 0 Å². The van der Waals surface area contributed by atoms with Crippen LogP contribution < -0.4 is 0 Å². The van der Waals surface area contributed by atoms with Gasteiger partial charge in [-0.25, -0.2) is 0 Å². The summed E-state index contributed by atoms with van der Waals surface area (Å²) in [5.74, 6) is 0.263. The number of Topliss-reactive ketones (excluding diaryl/α,β-unsaturated/α-hetero) is 1. The number of hydrogen-bond acceptors (Lipinski definition) is 2. The number of carbonyl (C=O) groups excluding carboxylic acids is 1. The van der Waals surface area contributed by atoms with Crippen LogP contribution in [0.25, 0.3) is 0 Å². The highest BCUT2D eigenvalue weighted by Crippen LogP contribution is 2.14. The van der Waals surface area contributed by atoms with Gasteiger partial charge in [-0.3, -0.25) is 4.79 Å². The third-order valence-corrected chi connectivity index (χ3v) is 1.83. The fourth-order valence-electron chi connectivity index (χ4n) is 1.04. The number of carbonyl (C=O) groups is 1. The van der Waals surface area contributed by atoms with Gasteiger partial charge < -0.3 is 5.11 Å². The van der Waals surface area contributed by atoms with E-state index in [2.05, 4.69) is 0 Å². The second-order valence-electron chi connectivity index (χ2n) is 2.80. The van der Waals surface area contributed by atoms with Crippen LogP contribution in [0.2, 0.25) is 0 Å². The molecule has 0 spiro atoms. The van der Waals surface area contributed by atoms with Crippen LogP contribution in [0.5, 0.6) is 0 Å². The molecule has 0 unspecified atom stereocenters. The molecular formula is C8H12O2. The number of aliphatic hydroxyl groups excluding tert-OH is 1. The van der Waals surface area contributed by atoms with Crippen LogP contribution in [0.15, 0.2) is 12.2 Å². The van der Waals surface area contributed by atoms with Crippen LogP contribution >= 0.6 is 0 Å². The fraction of sp³-hybridized carbons (Fsp3) is 0.625.